The van der Waals surface area contributed by atoms with Crippen LogP contribution in [-0.2, 0) is 4.79 Å². The van der Waals surface area contributed by atoms with E-state index in [1.54, 1.807) is 24.3 Å². The van der Waals surface area contributed by atoms with Crippen molar-refractivity contribution in [2.45, 2.75) is 12.5 Å². The molecule has 2 heterocycles. The number of amides is 1. The Morgan fingerprint density at radius 1 is 1.16 bits per heavy atom. The summed E-state index contributed by atoms with van der Waals surface area (Å²) in [6.45, 7) is 0.247. The number of hydrogen-bond donors (Lipinski definition) is 0. The van der Waals surface area contributed by atoms with E-state index in [1.807, 2.05) is 0 Å². The summed E-state index contributed by atoms with van der Waals surface area (Å²) in [6, 6.07) is 5.63. The molecular weight excluding hydrogens is 362 g/mol. The molecule has 1 aliphatic heterocycles. The van der Waals surface area contributed by atoms with E-state index in [-0.39, 0.29) is 13.0 Å². The zero-order chi connectivity index (χ0) is 18.3. The van der Waals surface area contributed by atoms with Crippen molar-refractivity contribution in [3.63, 3.8) is 0 Å². The SMILES string of the molecule is CN(c1c(F)c(F)nc(F)c1F)C1CCN(c2ccccc2Cl)C1=O. The molecule has 0 saturated carbocycles. The minimum atomic E-state index is -1.77. The lowest BCUT2D eigenvalue weighted by atomic mass is 10.2. The molecule has 0 radical (unpaired) electrons. The first-order valence-corrected chi connectivity index (χ1v) is 7.69. The van der Waals surface area contributed by atoms with E-state index in [4.69, 9.17) is 11.6 Å². The minimum absolute atomic E-state index is 0.199. The van der Waals surface area contributed by atoms with Crippen molar-refractivity contribution in [1.29, 1.82) is 0 Å². The fourth-order valence-electron chi connectivity index (χ4n) is 2.88. The molecule has 9 heteroatoms. The Morgan fingerprint density at radius 3 is 2.36 bits per heavy atom. The van der Waals surface area contributed by atoms with Crippen LogP contribution in [0.3, 0.4) is 0 Å². The van der Waals surface area contributed by atoms with Crippen LogP contribution in [0.4, 0.5) is 28.9 Å². The van der Waals surface area contributed by atoms with Crippen LogP contribution >= 0.6 is 11.6 Å². The molecule has 1 aliphatic rings. The van der Waals surface area contributed by atoms with Gasteiger partial charge in [0.15, 0.2) is 0 Å². The zero-order valence-electron chi connectivity index (χ0n) is 12.9. The maximum Gasteiger partial charge on any atom is 0.253 e. The average molecular weight is 374 g/mol. The highest BCUT2D eigenvalue weighted by Crippen LogP contribution is 2.33. The third-order valence-corrected chi connectivity index (χ3v) is 4.43. The highest BCUT2D eigenvalue weighted by atomic mass is 35.5. The van der Waals surface area contributed by atoms with Gasteiger partial charge < -0.3 is 9.80 Å². The first kappa shape index (κ1) is 17.5. The van der Waals surface area contributed by atoms with Gasteiger partial charge in [-0.1, -0.05) is 23.7 Å². The van der Waals surface area contributed by atoms with Crippen molar-refractivity contribution >= 4 is 28.9 Å². The third kappa shape index (κ3) is 2.90. The second kappa shape index (κ2) is 6.51. The molecule has 0 aliphatic carbocycles. The van der Waals surface area contributed by atoms with Crippen LogP contribution in [0.25, 0.3) is 0 Å². The summed E-state index contributed by atoms with van der Waals surface area (Å²) >= 11 is 6.07. The molecule has 1 saturated heterocycles. The zero-order valence-corrected chi connectivity index (χ0v) is 13.7. The van der Waals surface area contributed by atoms with Crippen LogP contribution in [0.2, 0.25) is 5.02 Å². The number of likely N-dealkylation sites (N-methyl/N-ethyl adjacent to an activating group) is 1. The predicted octanol–water partition coefficient (Wildman–Crippen LogP) is 3.53. The quantitative estimate of drug-likeness (QED) is 0.610. The Labute approximate surface area is 145 Å². The Kier molecular flexibility index (Phi) is 4.55. The van der Waals surface area contributed by atoms with E-state index in [0.29, 0.717) is 10.7 Å². The van der Waals surface area contributed by atoms with Crippen molar-refractivity contribution in [3.05, 3.63) is 52.8 Å². The Balaban J connectivity index is 1.94. The standard InChI is InChI=1S/C16H12ClF4N3O/c1-23(13-11(18)14(20)22-15(21)12(13)19)10-6-7-24(16(10)25)9-5-3-2-4-8(9)17/h2-5,10H,6-7H2,1H3. The van der Waals surface area contributed by atoms with Gasteiger partial charge in [0.05, 0.1) is 10.7 Å². The van der Waals surface area contributed by atoms with Gasteiger partial charge in [-0.25, -0.2) is 0 Å². The maximum absolute atomic E-state index is 13.9. The summed E-state index contributed by atoms with van der Waals surface area (Å²) < 4.78 is 54.5. The number of nitrogens with zero attached hydrogens (tertiary/aromatic N) is 3. The molecule has 132 valence electrons. The van der Waals surface area contributed by atoms with E-state index < -0.39 is 41.2 Å². The molecule has 1 amide bonds. The summed E-state index contributed by atoms with van der Waals surface area (Å²) in [5.74, 6) is -7.31. The summed E-state index contributed by atoms with van der Waals surface area (Å²) in [4.78, 5) is 17.4. The molecule has 1 aromatic carbocycles. The van der Waals surface area contributed by atoms with E-state index >= 15 is 0 Å². The highest BCUT2D eigenvalue weighted by Gasteiger charge is 2.38. The normalized spacial score (nSPS) is 17.3. The van der Waals surface area contributed by atoms with Gasteiger partial charge in [0.25, 0.3) is 11.9 Å². The molecule has 1 unspecified atom stereocenters. The number of carbonyl (C=O) groups is 1. The Morgan fingerprint density at radius 2 is 1.76 bits per heavy atom. The molecule has 0 spiro atoms. The Hall–Kier alpha value is -2.35. The largest absolute Gasteiger partial charge is 0.358 e. The topological polar surface area (TPSA) is 36.4 Å². The second-order valence-corrected chi connectivity index (χ2v) is 5.93. The van der Waals surface area contributed by atoms with Gasteiger partial charge in [-0.05, 0) is 18.6 Å². The van der Waals surface area contributed by atoms with Crippen LogP contribution in [0.1, 0.15) is 6.42 Å². The summed E-state index contributed by atoms with van der Waals surface area (Å²) in [6.07, 6.45) is 0.199. The highest BCUT2D eigenvalue weighted by molar-refractivity contribution is 6.34. The number of pyridine rings is 1. The van der Waals surface area contributed by atoms with Crippen LogP contribution in [0.5, 0.6) is 0 Å². The van der Waals surface area contributed by atoms with Crippen molar-refractivity contribution in [1.82, 2.24) is 4.98 Å². The number of anilines is 2. The van der Waals surface area contributed by atoms with Gasteiger partial charge >= 0.3 is 0 Å². The first-order valence-electron chi connectivity index (χ1n) is 7.31. The maximum atomic E-state index is 13.9. The van der Waals surface area contributed by atoms with Crippen LogP contribution in [0, 0.1) is 23.5 Å². The number of para-hydroxylation sites is 1. The van der Waals surface area contributed by atoms with Crippen molar-refractivity contribution < 1.29 is 22.4 Å². The predicted molar refractivity (Wildman–Crippen MR) is 84.7 cm³/mol. The van der Waals surface area contributed by atoms with Gasteiger partial charge in [-0.15, -0.1) is 0 Å². The molecule has 4 nitrogen and oxygen atoms in total. The molecule has 25 heavy (non-hydrogen) atoms. The molecule has 0 bridgehead atoms. The number of benzene rings is 1. The summed E-state index contributed by atoms with van der Waals surface area (Å²) in [5.41, 5.74) is -0.512. The van der Waals surface area contributed by atoms with Crippen LogP contribution < -0.4 is 9.80 Å². The number of hydrogen-bond acceptors (Lipinski definition) is 3. The first-order chi connectivity index (χ1) is 11.8. The average Bonchev–Trinajstić information content (AvgIpc) is 2.95. The van der Waals surface area contributed by atoms with Gasteiger partial charge in [0.2, 0.25) is 17.5 Å². The number of carbonyl (C=O) groups excluding carboxylic acids is 1. The molecule has 1 aromatic heterocycles. The monoisotopic (exact) mass is 373 g/mol. The van der Waals surface area contributed by atoms with E-state index in [9.17, 15) is 22.4 Å². The Bertz CT molecular complexity index is 822. The van der Waals surface area contributed by atoms with Crippen molar-refractivity contribution in [3.8, 4) is 0 Å². The van der Waals surface area contributed by atoms with Gasteiger partial charge in [-0.3, -0.25) is 4.79 Å². The third-order valence-electron chi connectivity index (χ3n) is 4.12. The van der Waals surface area contributed by atoms with Crippen molar-refractivity contribution in [2.24, 2.45) is 0 Å². The lowest BCUT2D eigenvalue weighted by molar-refractivity contribution is -0.118. The molecular formula is C16H12ClF4N3O. The van der Waals surface area contributed by atoms with Gasteiger partial charge in [0, 0.05) is 13.6 Å². The lowest BCUT2D eigenvalue weighted by Crippen LogP contribution is -2.41. The van der Waals surface area contributed by atoms with Crippen molar-refractivity contribution in [2.75, 3.05) is 23.4 Å². The van der Waals surface area contributed by atoms with E-state index in [2.05, 4.69) is 4.98 Å². The van der Waals surface area contributed by atoms with Crippen LogP contribution in [0.15, 0.2) is 24.3 Å². The lowest BCUT2D eigenvalue weighted by Gasteiger charge is -2.26. The second-order valence-electron chi connectivity index (χ2n) is 5.53. The minimum Gasteiger partial charge on any atom is -0.358 e. The molecule has 3 rings (SSSR count). The number of halogens is 5. The fourth-order valence-corrected chi connectivity index (χ4v) is 3.11. The van der Waals surface area contributed by atoms with Crippen LogP contribution in [-0.4, -0.2) is 30.5 Å². The smallest absolute Gasteiger partial charge is 0.253 e. The molecule has 2 aromatic rings. The van der Waals surface area contributed by atoms with Gasteiger partial charge in [-0.2, -0.15) is 22.5 Å². The molecule has 1 atom stereocenters. The summed E-state index contributed by atoms with van der Waals surface area (Å²) in [5, 5.41) is 0.345. The van der Waals surface area contributed by atoms with Gasteiger partial charge in [0.1, 0.15) is 11.7 Å². The fraction of sp³-hybridized carbons (Fsp3) is 0.250. The number of rotatable bonds is 3. The molecule has 1 fully saturated rings. The van der Waals surface area contributed by atoms with E-state index in [0.717, 1.165) is 4.90 Å². The summed E-state index contributed by atoms with van der Waals surface area (Å²) in [7, 11) is 1.19. The molecule has 0 N–H and O–H groups in total. The number of aromatic nitrogens is 1. The van der Waals surface area contributed by atoms with E-state index in [1.165, 1.54) is 11.9 Å².